The molecule has 1 saturated heterocycles. The average molecular weight is 280 g/mol. The predicted molar refractivity (Wildman–Crippen MR) is 75.6 cm³/mol. The Kier molecular flexibility index (Phi) is 3.15. The Labute approximate surface area is 114 Å². The number of hydrogen-bond acceptors (Lipinski definition) is 4. The summed E-state index contributed by atoms with van der Waals surface area (Å²) in [6, 6.07) is 8.69. The quantitative estimate of drug-likeness (QED) is 0.841. The van der Waals surface area contributed by atoms with E-state index in [2.05, 4.69) is 17.0 Å². The van der Waals surface area contributed by atoms with E-state index in [1.807, 2.05) is 19.1 Å². The van der Waals surface area contributed by atoms with Gasteiger partial charge >= 0.3 is 0 Å². The highest BCUT2D eigenvalue weighted by molar-refractivity contribution is 7.91. The standard InChI is InChI=1S/C14H20N2O2S/c1-10-9-19(17,18)7-6-16(10)14-8-13(15)11-4-2-3-5-12(11)14/h2-5,10,13-14H,6-9,15H2,1H3. The van der Waals surface area contributed by atoms with Crippen LogP contribution in [0.3, 0.4) is 0 Å². The van der Waals surface area contributed by atoms with Crippen LogP contribution in [0.15, 0.2) is 24.3 Å². The molecular weight excluding hydrogens is 260 g/mol. The summed E-state index contributed by atoms with van der Waals surface area (Å²) in [6.07, 6.45) is 0.893. The average Bonchev–Trinajstić information content (AvgIpc) is 2.67. The first-order chi connectivity index (χ1) is 8.98. The number of nitrogens with zero attached hydrogens (tertiary/aromatic N) is 1. The second kappa shape index (κ2) is 4.58. The Morgan fingerprint density at radius 1 is 1.26 bits per heavy atom. The maximum Gasteiger partial charge on any atom is 0.153 e. The zero-order chi connectivity index (χ0) is 13.6. The van der Waals surface area contributed by atoms with Gasteiger partial charge in [-0.15, -0.1) is 0 Å². The van der Waals surface area contributed by atoms with Crippen LogP contribution in [0.25, 0.3) is 0 Å². The molecule has 2 N–H and O–H groups in total. The van der Waals surface area contributed by atoms with E-state index in [9.17, 15) is 8.42 Å². The minimum Gasteiger partial charge on any atom is -0.324 e. The number of rotatable bonds is 1. The molecule has 0 radical (unpaired) electrons. The molecule has 3 unspecified atom stereocenters. The number of nitrogens with two attached hydrogens (primary N) is 1. The van der Waals surface area contributed by atoms with Gasteiger partial charge in [0.15, 0.2) is 9.84 Å². The summed E-state index contributed by atoms with van der Waals surface area (Å²) in [5, 5.41) is 0. The van der Waals surface area contributed by atoms with E-state index in [0.29, 0.717) is 6.54 Å². The molecule has 1 aromatic carbocycles. The van der Waals surface area contributed by atoms with Crippen molar-refractivity contribution in [1.82, 2.24) is 4.90 Å². The minimum atomic E-state index is -2.86. The van der Waals surface area contributed by atoms with Crippen molar-refractivity contribution in [3.63, 3.8) is 0 Å². The van der Waals surface area contributed by atoms with Gasteiger partial charge in [-0.25, -0.2) is 8.42 Å². The molecule has 0 saturated carbocycles. The molecule has 104 valence electrons. The molecule has 2 aliphatic rings. The number of fused-ring (bicyclic) bond motifs is 1. The van der Waals surface area contributed by atoms with E-state index in [1.165, 1.54) is 11.1 Å². The molecule has 3 rings (SSSR count). The van der Waals surface area contributed by atoms with Gasteiger partial charge in [-0.2, -0.15) is 0 Å². The molecule has 0 amide bonds. The summed E-state index contributed by atoms with van der Waals surface area (Å²) in [5.41, 5.74) is 8.69. The first-order valence-electron chi connectivity index (χ1n) is 6.78. The smallest absolute Gasteiger partial charge is 0.153 e. The largest absolute Gasteiger partial charge is 0.324 e. The normalized spacial score (nSPS) is 34.1. The van der Waals surface area contributed by atoms with Crippen molar-refractivity contribution in [1.29, 1.82) is 0 Å². The van der Waals surface area contributed by atoms with Gasteiger partial charge < -0.3 is 5.73 Å². The third-order valence-corrected chi connectivity index (χ3v) is 6.15. The van der Waals surface area contributed by atoms with Crippen LogP contribution in [0.4, 0.5) is 0 Å². The third-order valence-electron chi connectivity index (χ3n) is 4.35. The Hall–Kier alpha value is -0.910. The molecule has 19 heavy (non-hydrogen) atoms. The van der Waals surface area contributed by atoms with Gasteiger partial charge in [0, 0.05) is 24.7 Å². The van der Waals surface area contributed by atoms with Crippen LogP contribution in [0.2, 0.25) is 0 Å². The lowest BCUT2D eigenvalue weighted by molar-refractivity contribution is 0.153. The fraction of sp³-hybridized carbons (Fsp3) is 0.571. The zero-order valence-corrected chi connectivity index (χ0v) is 11.9. The number of hydrogen-bond donors (Lipinski definition) is 1. The van der Waals surface area contributed by atoms with Crippen molar-refractivity contribution in [3.8, 4) is 0 Å². The summed E-state index contributed by atoms with van der Waals surface area (Å²) in [6.45, 7) is 2.62. The van der Waals surface area contributed by atoms with Gasteiger partial charge in [-0.1, -0.05) is 24.3 Å². The van der Waals surface area contributed by atoms with Crippen molar-refractivity contribution in [2.75, 3.05) is 18.1 Å². The molecule has 0 bridgehead atoms. The fourth-order valence-corrected chi connectivity index (χ4v) is 5.02. The van der Waals surface area contributed by atoms with Gasteiger partial charge in [-0.3, -0.25) is 4.90 Å². The van der Waals surface area contributed by atoms with Crippen molar-refractivity contribution in [2.24, 2.45) is 5.73 Å². The summed E-state index contributed by atoms with van der Waals surface area (Å²) < 4.78 is 23.4. The second-order valence-corrected chi connectivity index (χ2v) is 7.92. The number of sulfone groups is 1. The van der Waals surface area contributed by atoms with Gasteiger partial charge in [0.2, 0.25) is 0 Å². The predicted octanol–water partition coefficient (Wildman–Crippen LogP) is 1.25. The zero-order valence-electron chi connectivity index (χ0n) is 11.1. The lowest BCUT2D eigenvalue weighted by Gasteiger charge is -2.38. The highest BCUT2D eigenvalue weighted by Gasteiger charge is 2.38. The summed E-state index contributed by atoms with van der Waals surface area (Å²) in [7, 11) is -2.86. The van der Waals surface area contributed by atoms with Crippen LogP contribution in [0.1, 0.15) is 36.6 Å². The highest BCUT2D eigenvalue weighted by atomic mass is 32.2. The maximum absolute atomic E-state index is 11.7. The van der Waals surface area contributed by atoms with Crippen LogP contribution in [0.5, 0.6) is 0 Å². The summed E-state index contributed by atoms with van der Waals surface area (Å²) in [4.78, 5) is 2.31. The summed E-state index contributed by atoms with van der Waals surface area (Å²) >= 11 is 0. The molecule has 1 aliphatic carbocycles. The first kappa shape index (κ1) is 13.1. The topological polar surface area (TPSA) is 63.4 Å². The van der Waals surface area contributed by atoms with Crippen LogP contribution >= 0.6 is 0 Å². The van der Waals surface area contributed by atoms with Crippen LogP contribution in [-0.2, 0) is 9.84 Å². The van der Waals surface area contributed by atoms with Crippen LogP contribution in [0, 0.1) is 0 Å². The fourth-order valence-electron chi connectivity index (χ4n) is 3.44. The molecule has 5 heteroatoms. The molecule has 0 spiro atoms. The monoisotopic (exact) mass is 280 g/mol. The van der Waals surface area contributed by atoms with Crippen LogP contribution in [-0.4, -0.2) is 37.4 Å². The molecule has 1 heterocycles. The van der Waals surface area contributed by atoms with E-state index < -0.39 is 9.84 Å². The van der Waals surface area contributed by atoms with E-state index in [-0.39, 0.29) is 29.6 Å². The lowest BCUT2D eigenvalue weighted by Crippen LogP contribution is -2.48. The Balaban J connectivity index is 1.89. The van der Waals surface area contributed by atoms with Crippen LogP contribution < -0.4 is 5.73 Å². The lowest BCUT2D eigenvalue weighted by atomic mass is 10.1. The third kappa shape index (κ3) is 2.30. The van der Waals surface area contributed by atoms with E-state index >= 15 is 0 Å². The van der Waals surface area contributed by atoms with Gasteiger partial charge in [0.1, 0.15) is 0 Å². The van der Waals surface area contributed by atoms with Crippen molar-refractivity contribution < 1.29 is 8.42 Å². The Morgan fingerprint density at radius 2 is 1.95 bits per heavy atom. The second-order valence-electron chi connectivity index (χ2n) is 5.69. The minimum absolute atomic E-state index is 0.0714. The molecule has 1 aromatic rings. The highest BCUT2D eigenvalue weighted by Crippen LogP contribution is 2.42. The first-order valence-corrected chi connectivity index (χ1v) is 8.60. The van der Waals surface area contributed by atoms with E-state index in [0.717, 1.165) is 6.42 Å². The van der Waals surface area contributed by atoms with Gasteiger partial charge in [0.25, 0.3) is 0 Å². The molecule has 1 fully saturated rings. The molecule has 3 atom stereocenters. The molecule has 0 aromatic heterocycles. The van der Waals surface area contributed by atoms with Crippen molar-refractivity contribution in [3.05, 3.63) is 35.4 Å². The van der Waals surface area contributed by atoms with Gasteiger partial charge in [0.05, 0.1) is 11.5 Å². The summed E-state index contributed by atoms with van der Waals surface area (Å²) in [5.74, 6) is 0.534. The van der Waals surface area contributed by atoms with E-state index in [4.69, 9.17) is 5.73 Å². The van der Waals surface area contributed by atoms with Crippen molar-refractivity contribution >= 4 is 9.84 Å². The Morgan fingerprint density at radius 3 is 2.63 bits per heavy atom. The van der Waals surface area contributed by atoms with Crippen molar-refractivity contribution in [2.45, 2.75) is 31.5 Å². The SMILES string of the molecule is CC1CS(=O)(=O)CCN1C1CC(N)c2ccccc21. The van der Waals surface area contributed by atoms with Gasteiger partial charge in [-0.05, 0) is 24.5 Å². The maximum atomic E-state index is 11.7. The molecular formula is C14H20N2O2S. The molecule has 4 nitrogen and oxygen atoms in total. The number of benzene rings is 1. The Bertz CT molecular complexity index is 585. The van der Waals surface area contributed by atoms with E-state index in [1.54, 1.807) is 0 Å². The molecule has 1 aliphatic heterocycles.